The summed E-state index contributed by atoms with van der Waals surface area (Å²) in [7, 11) is 1.60. The number of aliphatic carboxylic acids is 1. The molecule has 0 aliphatic carbocycles. The molecule has 0 bridgehead atoms. The number of benzene rings is 1. The van der Waals surface area contributed by atoms with Crippen LogP contribution in [0, 0.1) is 5.92 Å². The second-order valence-electron chi connectivity index (χ2n) is 8.39. The first-order chi connectivity index (χ1) is 15.8. The molecule has 2 fully saturated rings. The van der Waals surface area contributed by atoms with Crippen LogP contribution in [0.15, 0.2) is 36.5 Å². The quantitative estimate of drug-likeness (QED) is 0.667. The zero-order valence-electron chi connectivity index (χ0n) is 19.2. The van der Waals surface area contributed by atoms with E-state index in [0.29, 0.717) is 29.8 Å². The molecule has 1 aromatic heterocycles. The van der Waals surface area contributed by atoms with Crippen LogP contribution in [0.4, 0.5) is 15.8 Å². The van der Waals surface area contributed by atoms with E-state index in [1.165, 1.54) is 0 Å². The first kappa shape index (κ1) is 24.9. The van der Waals surface area contributed by atoms with Crippen LogP contribution >= 0.6 is 11.6 Å². The van der Waals surface area contributed by atoms with Gasteiger partial charge in [0.2, 0.25) is 5.88 Å². The van der Waals surface area contributed by atoms with Crippen LogP contribution in [-0.2, 0) is 4.79 Å². The first-order valence-corrected chi connectivity index (χ1v) is 11.4. The van der Waals surface area contributed by atoms with Gasteiger partial charge in [0.25, 0.3) is 5.97 Å². The monoisotopic (exact) mass is 479 g/mol. The maximum absolute atomic E-state index is 13.4. The SMILES string of the molecule is CC(=O)O.COc1cc(N2CCC(Oc3ccc(N4CCC(F)C4)cc3)C(C)C2)c(Cl)cn1. The van der Waals surface area contributed by atoms with Crippen LogP contribution in [0.25, 0.3) is 0 Å². The van der Waals surface area contributed by atoms with Gasteiger partial charge in [-0.3, -0.25) is 4.79 Å². The minimum atomic E-state index is -0.833. The fourth-order valence-corrected chi connectivity index (χ4v) is 4.37. The van der Waals surface area contributed by atoms with Gasteiger partial charge in [0.1, 0.15) is 18.0 Å². The summed E-state index contributed by atoms with van der Waals surface area (Å²) in [5.41, 5.74) is 2.01. The molecule has 0 saturated carbocycles. The summed E-state index contributed by atoms with van der Waals surface area (Å²) in [6.07, 6.45) is 2.57. The number of carbonyl (C=O) groups is 1. The van der Waals surface area contributed by atoms with Gasteiger partial charge in [0.15, 0.2) is 0 Å². The van der Waals surface area contributed by atoms with Crippen molar-refractivity contribution >= 4 is 28.9 Å². The maximum Gasteiger partial charge on any atom is 0.300 e. The molecule has 3 atom stereocenters. The van der Waals surface area contributed by atoms with Crippen LogP contribution in [0.2, 0.25) is 5.02 Å². The van der Waals surface area contributed by atoms with E-state index in [1.54, 1.807) is 13.3 Å². The normalized spacial score (nSPS) is 22.4. The molecule has 180 valence electrons. The van der Waals surface area contributed by atoms with Crippen molar-refractivity contribution in [2.24, 2.45) is 5.92 Å². The van der Waals surface area contributed by atoms with Gasteiger partial charge < -0.3 is 24.4 Å². The number of carboxylic acids is 1. The number of pyridine rings is 1. The number of hydrogen-bond donors (Lipinski definition) is 1. The van der Waals surface area contributed by atoms with E-state index in [-0.39, 0.29) is 6.10 Å². The summed E-state index contributed by atoms with van der Waals surface area (Å²) in [6, 6.07) is 9.91. The number of rotatable bonds is 5. The van der Waals surface area contributed by atoms with Crippen molar-refractivity contribution in [3.8, 4) is 11.6 Å². The first-order valence-electron chi connectivity index (χ1n) is 11.1. The lowest BCUT2D eigenvalue weighted by molar-refractivity contribution is -0.134. The molecule has 0 spiro atoms. The molecular formula is C24H31ClFN3O4. The number of anilines is 2. The lowest BCUT2D eigenvalue weighted by Crippen LogP contribution is -2.44. The molecule has 0 amide bonds. The third kappa shape index (κ3) is 6.87. The lowest BCUT2D eigenvalue weighted by atomic mass is 9.96. The number of piperidine rings is 1. The predicted molar refractivity (Wildman–Crippen MR) is 128 cm³/mol. The van der Waals surface area contributed by atoms with Crippen molar-refractivity contribution in [1.82, 2.24) is 4.98 Å². The molecule has 2 aliphatic rings. The summed E-state index contributed by atoms with van der Waals surface area (Å²) >= 11 is 6.36. The van der Waals surface area contributed by atoms with Crippen molar-refractivity contribution in [2.75, 3.05) is 43.1 Å². The molecule has 2 aromatic rings. The van der Waals surface area contributed by atoms with Gasteiger partial charge in [-0.05, 0) is 30.7 Å². The number of nitrogens with zero attached hydrogens (tertiary/aromatic N) is 3. The Morgan fingerprint density at radius 2 is 1.85 bits per heavy atom. The zero-order valence-corrected chi connectivity index (χ0v) is 20.0. The Bertz CT molecular complexity index is 926. The molecule has 1 N–H and O–H groups in total. The molecule has 3 unspecified atom stereocenters. The number of ether oxygens (including phenoxy) is 2. The Morgan fingerprint density at radius 3 is 2.42 bits per heavy atom. The summed E-state index contributed by atoms with van der Waals surface area (Å²) < 4.78 is 24.9. The summed E-state index contributed by atoms with van der Waals surface area (Å²) in [4.78, 5) is 17.5. The number of carboxylic acid groups (broad SMARTS) is 1. The van der Waals surface area contributed by atoms with Gasteiger partial charge in [0, 0.05) is 57.2 Å². The highest BCUT2D eigenvalue weighted by Gasteiger charge is 2.29. The van der Waals surface area contributed by atoms with E-state index in [4.69, 9.17) is 31.0 Å². The highest BCUT2D eigenvalue weighted by Crippen LogP contribution is 2.33. The van der Waals surface area contributed by atoms with Crippen LogP contribution in [0.5, 0.6) is 11.6 Å². The van der Waals surface area contributed by atoms with Crippen molar-refractivity contribution in [2.45, 2.75) is 39.0 Å². The predicted octanol–water partition coefficient (Wildman–Crippen LogP) is 4.68. The van der Waals surface area contributed by atoms with Crippen LogP contribution in [-0.4, -0.2) is 61.6 Å². The average Bonchev–Trinajstić information content (AvgIpc) is 3.22. The fraction of sp³-hybridized carbons (Fsp3) is 0.500. The standard InChI is InChI=1S/C22H27ClFN3O2.C2H4O2/c1-15-13-27(20-11-22(28-2)25-12-19(20)23)10-8-21(15)29-18-5-3-17(4-6-18)26-9-7-16(24)14-26;1-2(3)4/h3-6,11-12,15-16,21H,7-10,13-14H2,1-2H3;1H3,(H,3,4). The molecule has 1 aromatic carbocycles. The third-order valence-corrected chi connectivity index (χ3v) is 6.10. The number of halogens is 2. The molecule has 9 heteroatoms. The van der Waals surface area contributed by atoms with E-state index in [9.17, 15) is 4.39 Å². The number of alkyl halides is 1. The van der Waals surface area contributed by atoms with Crippen molar-refractivity contribution < 1.29 is 23.8 Å². The van der Waals surface area contributed by atoms with Crippen LogP contribution in [0.3, 0.4) is 0 Å². The zero-order chi connectivity index (χ0) is 24.0. The Balaban J connectivity index is 0.000000709. The average molecular weight is 480 g/mol. The largest absolute Gasteiger partial charge is 0.490 e. The van der Waals surface area contributed by atoms with Crippen molar-refractivity contribution in [1.29, 1.82) is 0 Å². The third-order valence-electron chi connectivity index (χ3n) is 5.81. The van der Waals surface area contributed by atoms with Gasteiger partial charge in [0.05, 0.1) is 24.0 Å². The van der Waals surface area contributed by atoms with Crippen molar-refractivity contribution in [3.05, 3.63) is 41.6 Å². The lowest BCUT2D eigenvalue weighted by Gasteiger charge is -2.38. The fourth-order valence-electron chi connectivity index (χ4n) is 4.14. The van der Waals surface area contributed by atoms with Crippen LogP contribution in [0.1, 0.15) is 26.7 Å². The number of hydrogen-bond acceptors (Lipinski definition) is 6. The second kappa shape index (κ2) is 11.4. The summed E-state index contributed by atoms with van der Waals surface area (Å²) in [5, 5.41) is 8.05. The van der Waals surface area contributed by atoms with Gasteiger partial charge >= 0.3 is 0 Å². The smallest absolute Gasteiger partial charge is 0.300 e. The highest BCUT2D eigenvalue weighted by molar-refractivity contribution is 6.33. The molecular weight excluding hydrogens is 449 g/mol. The van der Waals surface area contributed by atoms with Crippen LogP contribution < -0.4 is 19.3 Å². The molecule has 2 saturated heterocycles. The Hall–Kier alpha value is -2.74. The second-order valence-corrected chi connectivity index (χ2v) is 8.80. The van der Waals surface area contributed by atoms with Gasteiger partial charge in [-0.15, -0.1) is 0 Å². The molecule has 3 heterocycles. The van der Waals surface area contributed by atoms with E-state index in [1.807, 2.05) is 30.3 Å². The Morgan fingerprint density at radius 1 is 1.18 bits per heavy atom. The molecule has 4 rings (SSSR count). The van der Waals surface area contributed by atoms with Gasteiger partial charge in [-0.25, -0.2) is 9.37 Å². The minimum absolute atomic E-state index is 0.140. The number of aromatic nitrogens is 1. The van der Waals surface area contributed by atoms with E-state index < -0.39 is 12.1 Å². The van der Waals surface area contributed by atoms with E-state index >= 15 is 0 Å². The molecule has 33 heavy (non-hydrogen) atoms. The molecule has 2 aliphatic heterocycles. The number of methoxy groups -OCH3 is 1. The van der Waals surface area contributed by atoms with Gasteiger partial charge in [-0.1, -0.05) is 18.5 Å². The minimum Gasteiger partial charge on any atom is -0.490 e. The summed E-state index contributed by atoms with van der Waals surface area (Å²) in [6.45, 7) is 6.24. The van der Waals surface area contributed by atoms with E-state index in [0.717, 1.165) is 50.1 Å². The van der Waals surface area contributed by atoms with Crippen molar-refractivity contribution in [3.63, 3.8) is 0 Å². The summed E-state index contributed by atoms with van der Waals surface area (Å²) in [5.74, 6) is 0.927. The van der Waals surface area contributed by atoms with E-state index in [2.05, 4.69) is 21.7 Å². The Labute approximate surface area is 199 Å². The topological polar surface area (TPSA) is 75.1 Å². The van der Waals surface area contributed by atoms with Gasteiger partial charge in [-0.2, -0.15) is 0 Å². The molecule has 0 radical (unpaired) electrons. The molecule has 7 nitrogen and oxygen atoms in total. The Kier molecular flexibility index (Phi) is 8.61. The highest BCUT2D eigenvalue weighted by atomic mass is 35.5. The maximum atomic E-state index is 13.4.